The summed E-state index contributed by atoms with van der Waals surface area (Å²) in [6, 6.07) is 0.651. The van der Waals surface area contributed by atoms with E-state index in [1.807, 2.05) is 16.8 Å². The highest BCUT2D eigenvalue weighted by molar-refractivity contribution is 5.66. The fraction of sp³-hybridized carbons (Fsp3) is 0.538. The van der Waals surface area contributed by atoms with Gasteiger partial charge in [-0.25, -0.2) is 15.8 Å². The molecule has 1 saturated heterocycles. The van der Waals surface area contributed by atoms with E-state index in [0.29, 0.717) is 11.9 Å². The minimum atomic E-state index is 0.651. The van der Waals surface area contributed by atoms with E-state index >= 15 is 0 Å². The Hall–Kier alpha value is -1.86. The Labute approximate surface area is 118 Å². The minimum absolute atomic E-state index is 0.651. The monoisotopic (exact) mass is 275 g/mol. The third-order valence-corrected chi connectivity index (χ3v) is 4.00. The maximum atomic E-state index is 5.50. The van der Waals surface area contributed by atoms with Crippen LogP contribution >= 0.6 is 0 Å². The van der Waals surface area contributed by atoms with Gasteiger partial charge in [0.25, 0.3) is 0 Å². The zero-order valence-electron chi connectivity index (χ0n) is 12.0. The number of anilines is 2. The second-order valence-corrected chi connectivity index (χ2v) is 5.43. The van der Waals surface area contributed by atoms with E-state index in [1.54, 1.807) is 6.20 Å². The third-order valence-electron chi connectivity index (χ3n) is 4.00. The van der Waals surface area contributed by atoms with Crippen LogP contribution in [-0.2, 0) is 0 Å². The first-order valence-electron chi connectivity index (χ1n) is 6.90. The molecular formula is C13H21N7. The second-order valence-electron chi connectivity index (χ2n) is 5.43. The van der Waals surface area contributed by atoms with Gasteiger partial charge < -0.3 is 19.6 Å². The molecule has 20 heavy (non-hydrogen) atoms. The Morgan fingerprint density at radius 2 is 2.10 bits per heavy atom. The maximum absolute atomic E-state index is 5.50. The Morgan fingerprint density at radius 1 is 1.35 bits per heavy atom. The van der Waals surface area contributed by atoms with Gasteiger partial charge in [0.05, 0.1) is 6.20 Å². The van der Waals surface area contributed by atoms with Crippen molar-refractivity contribution in [3.8, 4) is 0 Å². The first-order valence-corrected chi connectivity index (χ1v) is 6.90. The van der Waals surface area contributed by atoms with Crippen LogP contribution in [0.3, 0.4) is 0 Å². The van der Waals surface area contributed by atoms with E-state index < -0.39 is 0 Å². The van der Waals surface area contributed by atoms with Gasteiger partial charge in [-0.15, -0.1) is 0 Å². The van der Waals surface area contributed by atoms with Gasteiger partial charge in [-0.3, -0.25) is 0 Å². The number of hydrogen-bond acceptors (Lipinski definition) is 6. The molecule has 0 atom stereocenters. The molecule has 7 nitrogen and oxygen atoms in total. The topological polar surface area (TPSA) is 74.7 Å². The third kappa shape index (κ3) is 2.30. The van der Waals surface area contributed by atoms with Crippen LogP contribution in [-0.4, -0.2) is 52.5 Å². The summed E-state index contributed by atoms with van der Waals surface area (Å²) in [7, 11) is 4.29. The first kappa shape index (κ1) is 13.1. The predicted octanol–water partition coefficient (Wildman–Crippen LogP) is 0.545. The zero-order chi connectivity index (χ0) is 14.1. The van der Waals surface area contributed by atoms with E-state index in [0.717, 1.165) is 37.4 Å². The molecule has 0 spiro atoms. The molecule has 3 rings (SSSR count). The molecule has 0 unspecified atom stereocenters. The van der Waals surface area contributed by atoms with Gasteiger partial charge in [0.1, 0.15) is 0 Å². The molecule has 0 amide bonds. The standard InChI is InChI=1S/C13H21N7/c1-18(2)10-3-6-19(7-4-10)13-12-15-5-8-20(12)9-11(16-13)17-14/h5,8-10,17H,3-4,6-7,14H2,1-2H3. The molecule has 0 radical (unpaired) electrons. The fourth-order valence-corrected chi connectivity index (χ4v) is 2.79. The highest BCUT2D eigenvalue weighted by Gasteiger charge is 2.23. The van der Waals surface area contributed by atoms with Crippen LogP contribution in [0.25, 0.3) is 5.65 Å². The lowest BCUT2D eigenvalue weighted by atomic mass is 10.0. The Balaban J connectivity index is 1.88. The smallest absolute Gasteiger partial charge is 0.180 e. The predicted molar refractivity (Wildman–Crippen MR) is 79.7 cm³/mol. The van der Waals surface area contributed by atoms with E-state index in [4.69, 9.17) is 5.84 Å². The summed E-state index contributed by atoms with van der Waals surface area (Å²) in [5.74, 6) is 7.06. The largest absolute Gasteiger partial charge is 0.353 e. The summed E-state index contributed by atoms with van der Waals surface area (Å²) in [4.78, 5) is 13.6. The normalized spacial score (nSPS) is 17.1. The van der Waals surface area contributed by atoms with E-state index in [9.17, 15) is 0 Å². The average molecular weight is 275 g/mol. The number of fused-ring (bicyclic) bond motifs is 1. The number of imidazole rings is 1. The summed E-state index contributed by atoms with van der Waals surface area (Å²) < 4.78 is 1.95. The molecule has 108 valence electrons. The quantitative estimate of drug-likeness (QED) is 0.629. The molecule has 7 heteroatoms. The molecule has 3 heterocycles. The van der Waals surface area contributed by atoms with Crippen LogP contribution in [0.4, 0.5) is 11.6 Å². The summed E-state index contributed by atoms with van der Waals surface area (Å²) in [6.45, 7) is 1.98. The van der Waals surface area contributed by atoms with Gasteiger partial charge in [-0.2, -0.15) is 0 Å². The molecule has 2 aromatic heterocycles. The molecule has 0 aliphatic carbocycles. The van der Waals surface area contributed by atoms with Crippen molar-refractivity contribution in [3.05, 3.63) is 18.6 Å². The van der Waals surface area contributed by atoms with E-state index in [2.05, 4.69) is 39.3 Å². The number of nitrogens with two attached hydrogens (primary N) is 1. The highest BCUT2D eigenvalue weighted by atomic mass is 15.3. The summed E-state index contributed by atoms with van der Waals surface area (Å²) in [5, 5.41) is 0. The average Bonchev–Trinajstić information content (AvgIpc) is 2.94. The van der Waals surface area contributed by atoms with E-state index in [1.165, 1.54) is 0 Å². The maximum Gasteiger partial charge on any atom is 0.180 e. The van der Waals surface area contributed by atoms with Gasteiger partial charge in [0.2, 0.25) is 0 Å². The van der Waals surface area contributed by atoms with Crippen LogP contribution in [0.2, 0.25) is 0 Å². The van der Waals surface area contributed by atoms with E-state index in [-0.39, 0.29) is 0 Å². The first-order chi connectivity index (χ1) is 9.69. The number of piperidine rings is 1. The van der Waals surface area contributed by atoms with Crippen molar-refractivity contribution >= 4 is 17.3 Å². The van der Waals surface area contributed by atoms with Crippen LogP contribution in [0.1, 0.15) is 12.8 Å². The van der Waals surface area contributed by atoms with Gasteiger partial charge in [0, 0.05) is 31.5 Å². The lowest BCUT2D eigenvalue weighted by Gasteiger charge is -2.35. The Kier molecular flexibility index (Phi) is 3.45. The fourth-order valence-electron chi connectivity index (χ4n) is 2.79. The second kappa shape index (κ2) is 5.26. The Bertz CT molecular complexity index is 583. The highest BCUT2D eigenvalue weighted by Crippen LogP contribution is 2.24. The molecule has 3 N–H and O–H groups in total. The molecule has 1 aliphatic rings. The number of hydrazine groups is 1. The molecular weight excluding hydrogens is 254 g/mol. The van der Waals surface area contributed by atoms with Crippen LogP contribution in [0.5, 0.6) is 0 Å². The molecule has 2 aromatic rings. The van der Waals surface area contributed by atoms with Crippen molar-refractivity contribution in [1.29, 1.82) is 0 Å². The summed E-state index contributed by atoms with van der Waals surface area (Å²) in [5.41, 5.74) is 3.50. The number of rotatable bonds is 3. The molecule has 0 saturated carbocycles. The van der Waals surface area contributed by atoms with Crippen molar-refractivity contribution in [3.63, 3.8) is 0 Å². The van der Waals surface area contributed by atoms with Crippen molar-refractivity contribution in [1.82, 2.24) is 19.3 Å². The summed E-state index contributed by atoms with van der Waals surface area (Å²) >= 11 is 0. The Morgan fingerprint density at radius 3 is 2.75 bits per heavy atom. The molecule has 0 bridgehead atoms. The molecule has 1 fully saturated rings. The number of hydrogen-bond donors (Lipinski definition) is 2. The molecule has 1 aliphatic heterocycles. The number of aromatic nitrogens is 3. The van der Waals surface area contributed by atoms with Gasteiger partial charge in [-0.05, 0) is 26.9 Å². The van der Waals surface area contributed by atoms with Gasteiger partial charge in [0.15, 0.2) is 17.3 Å². The van der Waals surface area contributed by atoms with Gasteiger partial charge >= 0.3 is 0 Å². The van der Waals surface area contributed by atoms with Crippen LogP contribution < -0.4 is 16.2 Å². The molecule has 0 aromatic carbocycles. The lowest BCUT2D eigenvalue weighted by Crippen LogP contribution is -2.42. The van der Waals surface area contributed by atoms with Crippen molar-refractivity contribution in [2.75, 3.05) is 37.5 Å². The zero-order valence-corrected chi connectivity index (χ0v) is 12.0. The minimum Gasteiger partial charge on any atom is -0.353 e. The van der Waals surface area contributed by atoms with Crippen molar-refractivity contribution in [2.45, 2.75) is 18.9 Å². The number of nitrogen functional groups attached to an aromatic ring is 1. The van der Waals surface area contributed by atoms with Crippen LogP contribution in [0, 0.1) is 0 Å². The van der Waals surface area contributed by atoms with Crippen molar-refractivity contribution < 1.29 is 0 Å². The SMILES string of the molecule is CN(C)C1CCN(c2nc(NN)cn3ccnc23)CC1. The van der Waals surface area contributed by atoms with Gasteiger partial charge in [-0.1, -0.05) is 0 Å². The van der Waals surface area contributed by atoms with Crippen LogP contribution in [0.15, 0.2) is 18.6 Å². The number of nitrogens with zero attached hydrogens (tertiary/aromatic N) is 5. The number of nitrogens with one attached hydrogen (secondary N) is 1. The lowest BCUT2D eigenvalue weighted by molar-refractivity contribution is 0.249. The summed E-state index contributed by atoms with van der Waals surface area (Å²) in [6.07, 6.45) is 7.82. The van der Waals surface area contributed by atoms with Crippen molar-refractivity contribution in [2.24, 2.45) is 5.84 Å².